The number of hydrogen-bond donors (Lipinski definition) is 1. The minimum atomic E-state index is -4.66. The zero-order valence-electron chi connectivity index (χ0n) is 13.1. The average molecular weight is 360 g/mol. The number of nitro groups is 1. The van der Waals surface area contributed by atoms with Crippen LogP contribution in [0.3, 0.4) is 0 Å². The summed E-state index contributed by atoms with van der Waals surface area (Å²) >= 11 is 0. The van der Waals surface area contributed by atoms with Crippen molar-refractivity contribution in [2.24, 2.45) is 5.10 Å². The van der Waals surface area contributed by atoms with Crippen LogP contribution in [-0.2, 0) is 6.18 Å². The highest BCUT2D eigenvalue weighted by Gasteiger charge is 2.33. The van der Waals surface area contributed by atoms with E-state index in [2.05, 4.69) is 15.5 Å². The highest BCUT2D eigenvalue weighted by atomic mass is 19.4. The highest BCUT2D eigenvalue weighted by Crippen LogP contribution is 2.34. The van der Waals surface area contributed by atoms with E-state index >= 15 is 0 Å². The van der Waals surface area contributed by atoms with Crippen molar-refractivity contribution in [2.45, 2.75) is 6.18 Å². The smallest absolute Gasteiger partial charge is 0.272 e. The van der Waals surface area contributed by atoms with Crippen molar-refractivity contribution >= 4 is 28.5 Å². The van der Waals surface area contributed by atoms with Crippen LogP contribution in [0.25, 0.3) is 10.9 Å². The molecule has 0 unspecified atom stereocenters. The summed E-state index contributed by atoms with van der Waals surface area (Å²) < 4.78 is 38.1. The Morgan fingerprint density at radius 2 is 1.96 bits per heavy atom. The quantitative estimate of drug-likeness (QED) is 0.419. The van der Waals surface area contributed by atoms with Crippen LogP contribution in [0.4, 0.5) is 24.5 Å². The number of nitrogens with zero attached hydrogens (tertiary/aromatic N) is 3. The number of anilines is 1. The molecule has 0 saturated heterocycles. The van der Waals surface area contributed by atoms with Crippen LogP contribution in [0.2, 0.25) is 0 Å². The highest BCUT2D eigenvalue weighted by molar-refractivity contribution is 5.88. The standard InChI is InChI=1S/C17H11F3N4O2/c18-17(19,20)13-4-6-15(16(9-13)24(25)26)23-22-10-11-3-5-14-12(8-11)2-1-7-21-14/h1-10,23H. The molecular weight excluding hydrogens is 349 g/mol. The van der Waals surface area contributed by atoms with Crippen LogP contribution < -0.4 is 5.43 Å². The Balaban J connectivity index is 1.83. The molecule has 1 heterocycles. The summed E-state index contributed by atoms with van der Waals surface area (Å²) in [6, 6.07) is 11.2. The summed E-state index contributed by atoms with van der Waals surface area (Å²) in [7, 11) is 0. The van der Waals surface area contributed by atoms with Gasteiger partial charge < -0.3 is 0 Å². The number of fused-ring (bicyclic) bond motifs is 1. The summed E-state index contributed by atoms with van der Waals surface area (Å²) in [5, 5.41) is 15.8. The third kappa shape index (κ3) is 3.77. The fourth-order valence-electron chi connectivity index (χ4n) is 2.30. The van der Waals surface area contributed by atoms with Crippen molar-refractivity contribution in [3.8, 4) is 0 Å². The van der Waals surface area contributed by atoms with Gasteiger partial charge in [0.05, 0.1) is 22.2 Å². The molecule has 132 valence electrons. The van der Waals surface area contributed by atoms with Gasteiger partial charge in [-0.3, -0.25) is 20.5 Å². The molecule has 0 aliphatic heterocycles. The van der Waals surface area contributed by atoms with Crippen LogP contribution in [0.1, 0.15) is 11.1 Å². The number of pyridine rings is 1. The van der Waals surface area contributed by atoms with Gasteiger partial charge in [-0.25, -0.2) is 0 Å². The summed E-state index contributed by atoms with van der Waals surface area (Å²) in [4.78, 5) is 14.3. The van der Waals surface area contributed by atoms with Crippen molar-refractivity contribution < 1.29 is 18.1 Å². The summed E-state index contributed by atoms with van der Waals surface area (Å²) in [5.41, 5.74) is 1.98. The minimum absolute atomic E-state index is 0.137. The molecule has 0 aliphatic carbocycles. The van der Waals surface area contributed by atoms with E-state index in [4.69, 9.17) is 0 Å². The minimum Gasteiger partial charge on any atom is -0.272 e. The first-order chi connectivity index (χ1) is 12.3. The number of alkyl halides is 3. The Morgan fingerprint density at radius 1 is 1.15 bits per heavy atom. The van der Waals surface area contributed by atoms with Gasteiger partial charge >= 0.3 is 6.18 Å². The van der Waals surface area contributed by atoms with Crippen molar-refractivity contribution in [2.75, 3.05) is 5.43 Å². The zero-order chi connectivity index (χ0) is 18.7. The molecule has 0 saturated carbocycles. The Bertz CT molecular complexity index is 1000. The Hall–Kier alpha value is -3.49. The largest absolute Gasteiger partial charge is 0.416 e. The van der Waals surface area contributed by atoms with Gasteiger partial charge in [0.1, 0.15) is 5.69 Å². The molecule has 0 amide bonds. The number of hydrogen-bond acceptors (Lipinski definition) is 5. The zero-order valence-corrected chi connectivity index (χ0v) is 13.1. The molecule has 3 rings (SSSR count). The van der Waals surface area contributed by atoms with Gasteiger partial charge in [0.15, 0.2) is 0 Å². The lowest BCUT2D eigenvalue weighted by Gasteiger charge is -2.08. The number of hydrazone groups is 1. The van der Waals surface area contributed by atoms with Gasteiger partial charge in [0, 0.05) is 17.6 Å². The molecule has 1 N–H and O–H groups in total. The number of rotatable bonds is 4. The third-order valence-corrected chi connectivity index (χ3v) is 3.55. The molecule has 6 nitrogen and oxygen atoms in total. The molecule has 0 fully saturated rings. The molecular formula is C17H11F3N4O2. The number of aromatic nitrogens is 1. The van der Waals surface area contributed by atoms with Crippen molar-refractivity contribution in [1.82, 2.24) is 4.98 Å². The van der Waals surface area contributed by atoms with Gasteiger partial charge in [-0.1, -0.05) is 12.1 Å². The number of nitrogens with one attached hydrogen (secondary N) is 1. The Morgan fingerprint density at radius 3 is 2.69 bits per heavy atom. The predicted molar refractivity (Wildman–Crippen MR) is 91.1 cm³/mol. The predicted octanol–water partition coefficient (Wildman–Crippen LogP) is 4.61. The van der Waals surface area contributed by atoms with Gasteiger partial charge in [-0.2, -0.15) is 18.3 Å². The second kappa shape index (κ2) is 6.79. The van der Waals surface area contributed by atoms with Gasteiger partial charge in [0.2, 0.25) is 0 Å². The van der Waals surface area contributed by atoms with Crippen LogP contribution in [0, 0.1) is 10.1 Å². The van der Waals surface area contributed by atoms with Crippen LogP contribution in [0.15, 0.2) is 59.8 Å². The number of benzene rings is 2. The molecule has 0 atom stereocenters. The monoisotopic (exact) mass is 360 g/mol. The maximum Gasteiger partial charge on any atom is 0.416 e. The summed E-state index contributed by atoms with van der Waals surface area (Å²) in [6.45, 7) is 0. The van der Waals surface area contributed by atoms with Crippen molar-refractivity contribution in [3.63, 3.8) is 0 Å². The molecule has 0 radical (unpaired) electrons. The van der Waals surface area contributed by atoms with E-state index in [-0.39, 0.29) is 5.69 Å². The first-order valence-electron chi connectivity index (χ1n) is 7.34. The second-order valence-corrected chi connectivity index (χ2v) is 5.31. The molecule has 9 heteroatoms. The lowest BCUT2D eigenvalue weighted by molar-refractivity contribution is -0.384. The van der Waals surface area contributed by atoms with Crippen molar-refractivity contribution in [1.29, 1.82) is 0 Å². The van der Waals surface area contributed by atoms with E-state index in [0.29, 0.717) is 11.6 Å². The van der Waals surface area contributed by atoms with E-state index in [1.165, 1.54) is 6.21 Å². The first kappa shape index (κ1) is 17.3. The van der Waals surface area contributed by atoms with Gasteiger partial charge in [-0.15, -0.1) is 0 Å². The molecule has 1 aromatic heterocycles. The Kier molecular flexibility index (Phi) is 4.53. The van der Waals surface area contributed by atoms with Crippen molar-refractivity contribution in [3.05, 3.63) is 76.0 Å². The van der Waals surface area contributed by atoms with Gasteiger partial charge in [0.25, 0.3) is 5.69 Å². The van der Waals surface area contributed by atoms with E-state index in [9.17, 15) is 23.3 Å². The molecule has 3 aromatic rings. The molecule has 26 heavy (non-hydrogen) atoms. The fraction of sp³-hybridized carbons (Fsp3) is 0.0588. The van der Waals surface area contributed by atoms with E-state index in [0.717, 1.165) is 23.0 Å². The SMILES string of the molecule is O=[N+]([O-])c1cc(C(F)(F)F)ccc1NN=Cc1ccc2ncccc2c1. The van der Waals surface area contributed by atoms with E-state index < -0.39 is 22.4 Å². The first-order valence-corrected chi connectivity index (χ1v) is 7.34. The van der Waals surface area contributed by atoms with E-state index in [1.54, 1.807) is 24.4 Å². The molecule has 0 aliphatic rings. The van der Waals surface area contributed by atoms with Gasteiger partial charge in [-0.05, 0) is 35.9 Å². The molecule has 2 aromatic carbocycles. The number of halogens is 3. The number of nitro benzene ring substituents is 1. The maximum atomic E-state index is 12.7. The lowest BCUT2D eigenvalue weighted by atomic mass is 10.1. The lowest BCUT2D eigenvalue weighted by Crippen LogP contribution is -2.06. The van der Waals surface area contributed by atoms with Crippen LogP contribution in [0.5, 0.6) is 0 Å². The molecule has 0 spiro atoms. The Labute approximate surface area is 145 Å². The van der Waals surface area contributed by atoms with Crippen LogP contribution >= 0.6 is 0 Å². The van der Waals surface area contributed by atoms with Crippen LogP contribution in [-0.4, -0.2) is 16.1 Å². The summed E-state index contributed by atoms with van der Waals surface area (Å²) in [6.07, 6.45) is -1.58. The summed E-state index contributed by atoms with van der Waals surface area (Å²) in [5.74, 6) is 0. The third-order valence-electron chi connectivity index (χ3n) is 3.55. The fourth-order valence-corrected chi connectivity index (χ4v) is 2.30. The average Bonchev–Trinajstić information content (AvgIpc) is 2.60. The molecule has 0 bridgehead atoms. The van der Waals surface area contributed by atoms with E-state index in [1.807, 2.05) is 12.1 Å². The topological polar surface area (TPSA) is 80.4 Å². The normalized spacial score (nSPS) is 11.8. The second-order valence-electron chi connectivity index (χ2n) is 5.31. The maximum absolute atomic E-state index is 12.7.